The minimum atomic E-state index is -1.09. The van der Waals surface area contributed by atoms with Crippen LogP contribution in [0.5, 0.6) is 28.7 Å². The van der Waals surface area contributed by atoms with E-state index in [0.717, 1.165) is 4.57 Å². The molecule has 0 aliphatic carbocycles. The summed E-state index contributed by atoms with van der Waals surface area (Å²) in [6, 6.07) is 6.54. The molecule has 8 heteroatoms. The van der Waals surface area contributed by atoms with Crippen LogP contribution in [0, 0.1) is 0 Å². The van der Waals surface area contributed by atoms with Crippen LogP contribution in [0.4, 0.5) is 0 Å². The fourth-order valence-electron chi connectivity index (χ4n) is 2.76. The van der Waals surface area contributed by atoms with E-state index in [1.165, 1.54) is 6.07 Å². The maximum atomic E-state index is 13.0. The molecule has 0 unspecified atom stereocenters. The number of fused-ring (bicyclic) bond motifs is 1. The lowest BCUT2D eigenvalue weighted by molar-refractivity contribution is 0.326. The molecule has 3 aromatic rings. The summed E-state index contributed by atoms with van der Waals surface area (Å²) >= 11 is 6.11. The number of aromatic hydroxyl groups is 5. The van der Waals surface area contributed by atoms with Gasteiger partial charge in [0.2, 0.25) is 17.2 Å². The van der Waals surface area contributed by atoms with E-state index in [2.05, 4.69) is 0 Å². The third-order valence-electron chi connectivity index (χ3n) is 4.00. The molecular formula is C17H14ClNO6. The normalized spacial score (nSPS) is 11.1. The Morgan fingerprint density at radius 1 is 0.960 bits per heavy atom. The van der Waals surface area contributed by atoms with Crippen molar-refractivity contribution >= 4 is 22.4 Å². The first-order valence-electron chi connectivity index (χ1n) is 7.31. The van der Waals surface area contributed by atoms with Crippen LogP contribution in [0.25, 0.3) is 16.5 Å². The van der Waals surface area contributed by atoms with Crippen molar-refractivity contribution in [1.29, 1.82) is 0 Å². The lowest BCUT2D eigenvalue weighted by Crippen LogP contribution is -2.22. The number of rotatable bonds is 2. The van der Waals surface area contributed by atoms with Crippen LogP contribution in [0.1, 0.15) is 12.6 Å². The monoisotopic (exact) mass is 363 g/mol. The SMILES string of the molecule is CCc1cc2cccc(Cl)c2c(=O)n1-c1c(O)c(O)c(O)c(O)c1O. The zero-order chi connectivity index (χ0) is 18.5. The summed E-state index contributed by atoms with van der Waals surface area (Å²) in [5.74, 6) is -5.10. The number of pyridine rings is 1. The summed E-state index contributed by atoms with van der Waals surface area (Å²) in [7, 11) is 0. The largest absolute Gasteiger partial charge is 0.503 e. The minimum Gasteiger partial charge on any atom is -0.503 e. The van der Waals surface area contributed by atoms with E-state index < -0.39 is 40.0 Å². The quantitative estimate of drug-likeness (QED) is 0.352. The maximum Gasteiger partial charge on any atom is 0.264 e. The molecule has 3 rings (SSSR count). The number of aryl methyl sites for hydroxylation is 1. The predicted octanol–water partition coefficient (Wildman–Crippen LogP) is 2.73. The molecule has 0 aliphatic rings. The summed E-state index contributed by atoms with van der Waals surface area (Å²) in [4.78, 5) is 13.0. The lowest BCUT2D eigenvalue weighted by Gasteiger charge is -2.18. The molecule has 0 fully saturated rings. The van der Waals surface area contributed by atoms with E-state index in [1.54, 1.807) is 25.1 Å². The average molecular weight is 364 g/mol. The van der Waals surface area contributed by atoms with Gasteiger partial charge >= 0.3 is 0 Å². The smallest absolute Gasteiger partial charge is 0.264 e. The molecule has 2 aromatic carbocycles. The Balaban J connectivity index is 2.56. The number of hydrogen-bond donors (Lipinski definition) is 5. The number of phenolic OH excluding ortho intramolecular Hbond substituents is 5. The van der Waals surface area contributed by atoms with Crippen LogP contribution in [-0.4, -0.2) is 30.1 Å². The molecule has 0 saturated carbocycles. The molecule has 1 heterocycles. The topological polar surface area (TPSA) is 123 Å². The lowest BCUT2D eigenvalue weighted by atomic mass is 10.1. The van der Waals surface area contributed by atoms with Gasteiger partial charge in [-0.1, -0.05) is 30.7 Å². The van der Waals surface area contributed by atoms with Gasteiger partial charge < -0.3 is 25.5 Å². The van der Waals surface area contributed by atoms with Gasteiger partial charge in [0.1, 0.15) is 5.69 Å². The van der Waals surface area contributed by atoms with Gasteiger partial charge in [-0.3, -0.25) is 9.36 Å². The molecule has 0 aliphatic heterocycles. The summed E-state index contributed by atoms with van der Waals surface area (Å²) in [5, 5.41) is 50.2. The standard InChI is InChI=1S/C17H14ClNO6/c1-2-8-6-7-4-3-5-9(18)10(7)17(25)19(8)11-12(20)14(22)16(24)15(23)13(11)21/h3-6,20-24H,2H2,1H3. The van der Waals surface area contributed by atoms with E-state index in [9.17, 15) is 30.3 Å². The van der Waals surface area contributed by atoms with Crippen LogP contribution in [0.15, 0.2) is 29.1 Å². The van der Waals surface area contributed by atoms with Crippen LogP contribution in [0.2, 0.25) is 5.02 Å². The molecule has 25 heavy (non-hydrogen) atoms. The van der Waals surface area contributed by atoms with Crippen molar-refractivity contribution in [1.82, 2.24) is 4.57 Å². The second-order valence-electron chi connectivity index (χ2n) is 5.43. The number of aromatic nitrogens is 1. The van der Waals surface area contributed by atoms with E-state index in [0.29, 0.717) is 17.5 Å². The van der Waals surface area contributed by atoms with Gasteiger partial charge in [-0.05, 0) is 23.9 Å². The van der Waals surface area contributed by atoms with Crippen LogP contribution >= 0.6 is 11.6 Å². The van der Waals surface area contributed by atoms with Gasteiger partial charge in [0.05, 0.1) is 10.4 Å². The first kappa shape index (κ1) is 16.8. The van der Waals surface area contributed by atoms with Gasteiger partial charge in [0.25, 0.3) is 5.56 Å². The van der Waals surface area contributed by atoms with E-state index in [1.807, 2.05) is 0 Å². The zero-order valence-electron chi connectivity index (χ0n) is 13.0. The van der Waals surface area contributed by atoms with Gasteiger partial charge in [-0.2, -0.15) is 0 Å². The van der Waals surface area contributed by atoms with Crippen LogP contribution < -0.4 is 5.56 Å². The Morgan fingerprint density at radius 2 is 1.52 bits per heavy atom. The Morgan fingerprint density at radius 3 is 2.08 bits per heavy atom. The Hall–Kier alpha value is -3.06. The molecule has 5 N–H and O–H groups in total. The fourth-order valence-corrected chi connectivity index (χ4v) is 3.03. The summed E-state index contributed by atoms with van der Waals surface area (Å²) in [5.41, 5.74) is -0.818. The van der Waals surface area contributed by atoms with Crippen molar-refractivity contribution in [2.75, 3.05) is 0 Å². The Labute approximate surface area is 146 Å². The van der Waals surface area contributed by atoms with Gasteiger partial charge in [-0.15, -0.1) is 0 Å². The molecule has 0 amide bonds. The van der Waals surface area contributed by atoms with E-state index in [-0.39, 0.29) is 10.4 Å². The molecule has 130 valence electrons. The number of benzene rings is 2. The second-order valence-corrected chi connectivity index (χ2v) is 5.83. The van der Waals surface area contributed by atoms with Crippen LogP contribution in [-0.2, 0) is 6.42 Å². The predicted molar refractivity (Wildman–Crippen MR) is 92.3 cm³/mol. The minimum absolute atomic E-state index is 0.146. The first-order valence-corrected chi connectivity index (χ1v) is 7.69. The Bertz CT molecular complexity index is 1040. The van der Waals surface area contributed by atoms with Crippen molar-refractivity contribution in [3.63, 3.8) is 0 Å². The zero-order valence-corrected chi connectivity index (χ0v) is 13.7. The molecule has 7 nitrogen and oxygen atoms in total. The van der Waals surface area contributed by atoms with Crippen molar-refractivity contribution in [2.45, 2.75) is 13.3 Å². The average Bonchev–Trinajstić information content (AvgIpc) is 2.59. The van der Waals surface area contributed by atoms with Crippen molar-refractivity contribution in [2.24, 2.45) is 0 Å². The third kappa shape index (κ3) is 2.32. The highest BCUT2D eigenvalue weighted by Crippen LogP contribution is 2.52. The number of hydrogen-bond acceptors (Lipinski definition) is 6. The van der Waals surface area contributed by atoms with E-state index >= 15 is 0 Å². The summed E-state index contributed by atoms with van der Waals surface area (Å²) in [6.45, 7) is 1.75. The highest BCUT2D eigenvalue weighted by atomic mass is 35.5. The summed E-state index contributed by atoms with van der Waals surface area (Å²) in [6.07, 6.45) is 0.332. The second kappa shape index (κ2) is 5.78. The van der Waals surface area contributed by atoms with Gasteiger partial charge in [0.15, 0.2) is 11.5 Å². The highest BCUT2D eigenvalue weighted by molar-refractivity contribution is 6.35. The maximum absolute atomic E-state index is 13.0. The first-order chi connectivity index (χ1) is 11.8. The van der Waals surface area contributed by atoms with Crippen molar-refractivity contribution < 1.29 is 25.5 Å². The molecule has 0 saturated heterocycles. The molecule has 1 aromatic heterocycles. The fraction of sp³-hybridized carbons (Fsp3) is 0.118. The Kier molecular flexibility index (Phi) is 3.88. The van der Waals surface area contributed by atoms with Crippen molar-refractivity contribution in [3.05, 3.63) is 45.3 Å². The third-order valence-corrected chi connectivity index (χ3v) is 4.32. The van der Waals surface area contributed by atoms with Gasteiger partial charge in [-0.25, -0.2) is 0 Å². The van der Waals surface area contributed by atoms with Crippen molar-refractivity contribution in [3.8, 4) is 34.4 Å². The molecule has 0 atom stereocenters. The number of nitrogens with zero attached hydrogens (tertiary/aromatic N) is 1. The van der Waals surface area contributed by atoms with Gasteiger partial charge in [0, 0.05) is 5.69 Å². The summed E-state index contributed by atoms with van der Waals surface area (Å²) < 4.78 is 0.942. The van der Waals surface area contributed by atoms with E-state index in [4.69, 9.17) is 11.6 Å². The highest BCUT2D eigenvalue weighted by Gasteiger charge is 2.27. The molecule has 0 radical (unpaired) electrons. The molecule has 0 bridgehead atoms. The molecular weight excluding hydrogens is 350 g/mol. The number of halogens is 1. The molecule has 0 spiro atoms. The number of phenols is 5. The van der Waals surface area contributed by atoms with Crippen LogP contribution in [0.3, 0.4) is 0 Å².